The summed E-state index contributed by atoms with van der Waals surface area (Å²) in [6.07, 6.45) is -20.7. The molecular formula is C52H84O22. The molecule has 10 aliphatic rings. The summed E-state index contributed by atoms with van der Waals surface area (Å²) in [5, 5.41) is 142. The third-order valence-corrected chi connectivity index (χ3v) is 21.4. The Morgan fingerprint density at radius 3 is 1.89 bits per heavy atom. The van der Waals surface area contributed by atoms with Crippen LogP contribution in [0.2, 0.25) is 0 Å². The molecule has 29 atom stereocenters. The van der Waals surface area contributed by atoms with Crippen LogP contribution in [0.15, 0.2) is 12.2 Å². The van der Waals surface area contributed by atoms with Crippen molar-refractivity contribution in [1.82, 2.24) is 0 Å². The fraction of sp³-hybridized carbons (Fsp3) is 0.962. The summed E-state index contributed by atoms with van der Waals surface area (Å²) in [5.41, 5.74) is -2.68. The lowest BCUT2D eigenvalue weighted by molar-refractivity contribution is -0.392. The van der Waals surface area contributed by atoms with E-state index < -0.39 is 166 Å². The van der Waals surface area contributed by atoms with Gasteiger partial charge >= 0.3 is 0 Å². The van der Waals surface area contributed by atoms with E-state index in [4.69, 9.17) is 42.6 Å². The Bertz CT molecular complexity index is 2030. The third-order valence-electron chi connectivity index (χ3n) is 21.4. The first-order valence-corrected chi connectivity index (χ1v) is 26.9. The summed E-state index contributed by atoms with van der Waals surface area (Å²) in [6.45, 7) is 11.4. The predicted molar refractivity (Wildman–Crippen MR) is 251 cm³/mol. The SMILES string of the molecule is CC1(C)CC[C@]23CO[C@@]4(C=C[C@@H]5[C@@]6(C)CC[C@H](O[C@@H]7OC[C@H](O[C@@H]8O[C@H](CO)[C@@H](O)[C@H](O)[C@H]8O[C@@H]8OC[C@@H](O)[C@H](O)[C@H]8O)[C@H](O)[C@H]7O[C@@H]7O[C@H](CO)[C@@H](O)[C@H](O)[C@H]7O)[C@@](C)(CO)[C@@H]6CC[C@@]5(C)[C@]4(C)C[C@H]2O)[C@@H]3C1. The smallest absolute Gasteiger partial charge is 0.187 e. The van der Waals surface area contributed by atoms with Gasteiger partial charge in [-0.2, -0.15) is 0 Å². The molecule has 9 fully saturated rings. The van der Waals surface area contributed by atoms with Gasteiger partial charge in [-0.05, 0) is 79.4 Å². The molecule has 5 aliphatic carbocycles. The summed E-state index contributed by atoms with van der Waals surface area (Å²) in [7, 11) is 0. The largest absolute Gasteiger partial charge is 0.396 e. The van der Waals surface area contributed by atoms with Gasteiger partial charge in [0.05, 0.1) is 57.5 Å². The lowest BCUT2D eigenvalue weighted by atomic mass is 9.32. The van der Waals surface area contributed by atoms with Crippen LogP contribution in [-0.2, 0) is 42.6 Å². The fourth-order valence-corrected chi connectivity index (χ4v) is 16.7. The molecule has 5 heterocycles. The molecule has 13 N–H and O–H groups in total. The van der Waals surface area contributed by atoms with Gasteiger partial charge < -0.3 is 109 Å². The first-order chi connectivity index (χ1) is 34.8. The van der Waals surface area contributed by atoms with Gasteiger partial charge in [0.1, 0.15) is 85.5 Å². The molecule has 0 amide bonds. The lowest BCUT2D eigenvalue weighted by Gasteiger charge is -2.73. The first-order valence-electron chi connectivity index (χ1n) is 26.9. The second kappa shape index (κ2) is 19.8. The minimum absolute atomic E-state index is 0.0362. The van der Waals surface area contributed by atoms with Gasteiger partial charge in [0, 0.05) is 22.2 Å². The molecule has 5 aliphatic heterocycles. The number of hydrogen-bond acceptors (Lipinski definition) is 22. The second-order valence-electron chi connectivity index (χ2n) is 25.7. The van der Waals surface area contributed by atoms with E-state index in [1.807, 2.05) is 6.92 Å². The fourth-order valence-electron chi connectivity index (χ4n) is 16.7. The van der Waals surface area contributed by atoms with Crippen molar-refractivity contribution in [2.75, 3.05) is 39.6 Å². The van der Waals surface area contributed by atoms with Gasteiger partial charge in [-0.15, -0.1) is 0 Å². The second-order valence-corrected chi connectivity index (χ2v) is 25.7. The molecule has 0 aromatic carbocycles. The lowest BCUT2D eigenvalue weighted by Crippen LogP contribution is -2.72. The van der Waals surface area contributed by atoms with Crippen molar-refractivity contribution in [3.63, 3.8) is 0 Å². The van der Waals surface area contributed by atoms with E-state index in [2.05, 4.69) is 46.8 Å². The highest BCUT2D eigenvalue weighted by Crippen LogP contribution is 2.79. The van der Waals surface area contributed by atoms with Crippen molar-refractivity contribution in [3.8, 4) is 0 Å². The van der Waals surface area contributed by atoms with Crippen LogP contribution in [0.3, 0.4) is 0 Å². The molecule has 22 nitrogen and oxygen atoms in total. The number of hydrogen-bond donors (Lipinski definition) is 13. The average molecular weight is 1060 g/mol. The highest BCUT2D eigenvalue weighted by molar-refractivity contribution is 5.36. The Hall–Kier alpha value is -1.14. The van der Waals surface area contributed by atoms with Crippen LogP contribution in [0.4, 0.5) is 0 Å². The van der Waals surface area contributed by atoms with Gasteiger partial charge in [-0.1, -0.05) is 53.7 Å². The van der Waals surface area contributed by atoms with Crippen LogP contribution in [0, 0.1) is 50.2 Å². The maximum Gasteiger partial charge on any atom is 0.187 e. The van der Waals surface area contributed by atoms with E-state index in [-0.39, 0.29) is 46.0 Å². The van der Waals surface area contributed by atoms with Crippen LogP contribution < -0.4 is 0 Å². The summed E-state index contributed by atoms with van der Waals surface area (Å²) in [4.78, 5) is 0. The zero-order valence-corrected chi connectivity index (χ0v) is 43.3. The van der Waals surface area contributed by atoms with Gasteiger partial charge in [0.15, 0.2) is 25.2 Å². The van der Waals surface area contributed by atoms with Crippen molar-refractivity contribution in [2.24, 2.45) is 50.2 Å². The molecule has 1 spiro atoms. The zero-order chi connectivity index (χ0) is 53.5. The molecule has 0 radical (unpaired) electrons. The minimum Gasteiger partial charge on any atom is -0.396 e. The van der Waals surface area contributed by atoms with Crippen molar-refractivity contribution in [1.29, 1.82) is 0 Å². The molecule has 74 heavy (non-hydrogen) atoms. The number of allylic oxidation sites excluding steroid dienone is 1. The zero-order valence-electron chi connectivity index (χ0n) is 43.3. The number of rotatable bonds is 11. The van der Waals surface area contributed by atoms with Crippen LogP contribution in [0.1, 0.15) is 92.9 Å². The van der Waals surface area contributed by atoms with Gasteiger partial charge in [0.25, 0.3) is 0 Å². The highest BCUT2D eigenvalue weighted by atomic mass is 16.8. The number of aliphatic hydroxyl groups excluding tert-OH is 13. The summed E-state index contributed by atoms with van der Waals surface area (Å²) in [5.74, 6) is 0.0943. The topological polar surface area (TPSA) is 346 Å². The first kappa shape index (κ1) is 56.1. The van der Waals surface area contributed by atoms with Crippen LogP contribution >= 0.6 is 0 Å². The Kier molecular flexibility index (Phi) is 15.1. The third kappa shape index (κ3) is 8.32. The molecule has 22 heteroatoms. The monoisotopic (exact) mass is 1060 g/mol. The van der Waals surface area contributed by atoms with Crippen LogP contribution in [0.25, 0.3) is 0 Å². The Labute approximate surface area is 431 Å². The molecule has 10 rings (SSSR count). The Balaban J connectivity index is 0.923. The number of fused-ring (bicyclic) bond motifs is 4. The van der Waals surface area contributed by atoms with Crippen molar-refractivity contribution >= 4 is 0 Å². The van der Waals surface area contributed by atoms with Crippen molar-refractivity contribution in [2.45, 2.75) is 221 Å². The number of ether oxygens (including phenoxy) is 9. The minimum atomic E-state index is -1.92. The normalized spacial score (nSPS) is 58.0. The van der Waals surface area contributed by atoms with E-state index in [9.17, 15) is 66.4 Å². The molecule has 0 unspecified atom stereocenters. The molecule has 4 saturated carbocycles. The standard InChI is InChI=1S/C52H84O22/c1-46(2)13-14-51-22-68-52(29(51)15-46)12-8-28-47(3)10-9-31(48(4,21-55)27(47)7-11-49(28,5)50(52,6)16-30(51)57)72-44-40(74-43-39(65)36(62)33(59)24(17-53)69-43)35(61)26(20-67-44)71-45-41(37(63)34(60)25(18-54)70-45)73-42-38(64)32(58)23(56)19-66-42/h8,12,23-45,53-65H,7,9-11,13-22H2,1-6H3/t23-,24-,25-,26+,27-,28-,29-,30-,31+,32+,33-,34-,35+,36+,37+,38-,39-,40-,41-,42+,43+,44+,45+,47+,48+,49-,50+,51-,52+/m1/s1. The van der Waals surface area contributed by atoms with Gasteiger partial charge in [-0.25, -0.2) is 0 Å². The summed E-state index contributed by atoms with van der Waals surface area (Å²) < 4.78 is 55.7. The quantitative estimate of drug-likeness (QED) is 0.0763. The molecule has 0 aromatic rings. The Morgan fingerprint density at radius 2 is 1.20 bits per heavy atom. The molecular weight excluding hydrogens is 977 g/mol. The predicted octanol–water partition coefficient (Wildman–Crippen LogP) is -2.32. The van der Waals surface area contributed by atoms with E-state index >= 15 is 0 Å². The average Bonchev–Trinajstić information content (AvgIpc) is 3.64. The molecule has 2 bridgehead atoms. The summed E-state index contributed by atoms with van der Waals surface area (Å²) >= 11 is 0. The van der Waals surface area contributed by atoms with Crippen molar-refractivity contribution in [3.05, 3.63) is 12.2 Å². The number of aliphatic hydroxyl groups is 13. The van der Waals surface area contributed by atoms with Gasteiger partial charge in [-0.3, -0.25) is 0 Å². The van der Waals surface area contributed by atoms with E-state index in [1.165, 1.54) is 0 Å². The maximum atomic E-state index is 12.4. The molecule has 5 saturated heterocycles. The van der Waals surface area contributed by atoms with E-state index in [0.717, 1.165) is 25.7 Å². The van der Waals surface area contributed by atoms with Crippen LogP contribution in [0.5, 0.6) is 0 Å². The maximum absolute atomic E-state index is 12.4. The van der Waals surface area contributed by atoms with E-state index in [1.54, 1.807) is 0 Å². The highest BCUT2D eigenvalue weighted by Gasteiger charge is 2.79. The van der Waals surface area contributed by atoms with Crippen LogP contribution in [-0.4, -0.2) is 234 Å². The van der Waals surface area contributed by atoms with E-state index in [0.29, 0.717) is 32.3 Å². The Morgan fingerprint density at radius 1 is 0.568 bits per heavy atom. The van der Waals surface area contributed by atoms with Gasteiger partial charge in [0.2, 0.25) is 0 Å². The summed E-state index contributed by atoms with van der Waals surface area (Å²) in [6, 6.07) is 0. The van der Waals surface area contributed by atoms with Crippen molar-refractivity contribution < 1.29 is 109 Å². The molecule has 0 aromatic heterocycles. The molecule has 424 valence electrons.